The molecule has 1 N–H and O–H groups in total. The van der Waals surface area contributed by atoms with Gasteiger partial charge >= 0.3 is 0 Å². The molecule has 1 heterocycles. The first-order chi connectivity index (χ1) is 13.5. The number of hydrogen-bond donors (Lipinski definition) is 1. The lowest BCUT2D eigenvalue weighted by Crippen LogP contribution is -2.29. The molecule has 0 bridgehead atoms. The summed E-state index contributed by atoms with van der Waals surface area (Å²) in [6.07, 6.45) is 2.23. The number of aryl methyl sites for hydroxylation is 1. The molecule has 0 aliphatic carbocycles. The molecule has 1 aliphatic rings. The molecular formula is C23H28N2O3. The van der Waals surface area contributed by atoms with Crippen molar-refractivity contribution in [3.8, 4) is 5.75 Å². The van der Waals surface area contributed by atoms with E-state index in [1.807, 2.05) is 61.2 Å². The fraction of sp³-hybridized carbons (Fsp3) is 0.391. The minimum Gasteiger partial charge on any atom is -0.491 e. The van der Waals surface area contributed by atoms with Crippen molar-refractivity contribution in [3.63, 3.8) is 0 Å². The van der Waals surface area contributed by atoms with E-state index < -0.39 is 0 Å². The van der Waals surface area contributed by atoms with Gasteiger partial charge in [-0.25, -0.2) is 0 Å². The molecule has 1 fully saturated rings. The van der Waals surface area contributed by atoms with Gasteiger partial charge in [0.2, 0.25) is 11.8 Å². The topological polar surface area (TPSA) is 58.6 Å². The van der Waals surface area contributed by atoms with Crippen molar-refractivity contribution in [3.05, 3.63) is 60.2 Å². The summed E-state index contributed by atoms with van der Waals surface area (Å²) in [6.45, 7) is 5.13. The fourth-order valence-electron chi connectivity index (χ4n) is 3.42. The third-order valence-corrected chi connectivity index (χ3v) is 4.82. The summed E-state index contributed by atoms with van der Waals surface area (Å²) in [4.78, 5) is 26.6. The standard InChI is InChI=1S/C23H28N2O3/c1-17(2)28-21-12-10-20(11-13-21)24-23(27)19-15-22(26)25(16-19)14-6-9-18-7-4-3-5-8-18/h3-5,7-8,10-13,17,19H,6,9,14-16H2,1-2H3,(H,24,27). The van der Waals surface area contributed by atoms with Gasteiger partial charge in [0.1, 0.15) is 5.75 Å². The second-order valence-electron chi connectivity index (χ2n) is 7.51. The number of hydrogen-bond acceptors (Lipinski definition) is 3. The quantitative estimate of drug-likeness (QED) is 0.756. The highest BCUT2D eigenvalue weighted by Gasteiger charge is 2.33. The van der Waals surface area contributed by atoms with Gasteiger partial charge in [-0.2, -0.15) is 0 Å². The van der Waals surface area contributed by atoms with Crippen LogP contribution in [0, 0.1) is 5.92 Å². The third-order valence-electron chi connectivity index (χ3n) is 4.82. The highest BCUT2D eigenvalue weighted by molar-refractivity contribution is 5.97. The van der Waals surface area contributed by atoms with Gasteiger partial charge in [-0.3, -0.25) is 9.59 Å². The number of ether oxygens (including phenoxy) is 1. The number of anilines is 1. The van der Waals surface area contributed by atoms with Gasteiger partial charge in [-0.05, 0) is 56.5 Å². The lowest BCUT2D eigenvalue weighted by Gasteiger charge is -2.16. The summed E-state index contributed by atoms with van der Waals surface area (Å²) in [7, 11) is 0. The van der Waals surface area contributed by atoms with E-state index in [1.165, 1.54) is 5.56 Å². The predicted molar refractivity (Wildman–Crippen MR) is 110 cm³/mol. The van der Waals surface area contributed by atoms with Gasteiger partial charge in [0.15, 0.2) is 0 Å². The highest BCUT2D eigenvalue weighted by atomic mass is 16.5. The first kappa shape index (κ1) is 19.9. The number of carbonyl (C=O) groups is 2. The van der Waals surface area contributed by atoms with E-state index in [9.17, 15) is 9.59 Å². The molecule has 1 atom stereocenters. The molecule has 0 radical (unpaired) electrons. The van der Waals surface area contributed by atoms with Crippen LogP contribution in [0.5, 0.6) is 5.75 Å². The maximum atomic E-state index is 12.5. The molecule has 148 valence electrons. The number of likely N-dealkylation sites (tertiary alicyclic amines) is 1. The van der Waals surface area contributed by atoms with E-state index in [1.54, 1.807) is 0 Å². The van der Waals surface area contributed by atoms with E-state index in [2.05, 4.69) is 17.4 Å². The Morgan fingerprint density at radius 3 is 2.54 bits per heavy atom. The van der Waals surface area contributed by atoms with Crippen LogP contribution in [0.3, 0.4) is 0 Å². The van der Waals surface area contributed by atoms with Gasteiger partial charge in [-0.1, -0.05) is 30.3 Å². The maximum Gasteiger partial charge on any atom is 0.229 e. The van der Waals surface area contributed by atoms with Crippen LogP contribution >= 0.6 is 0 Å². The molecule has 0 saturated carbocycles. The molecular weight excluding hydrogens is 352 g/mol. The number of nitrogens with one attached hydrogen (secondary N) is 1. The summed E-state index contributed by atoms with van der Waals surface area (Å²) >= 11 is 0. The number of nitrogens with zero attached hydrogens (tertiary/aromatic N) is 1. The van der Waals surface area contributed by atoms with E-state index in [4.69, 9.17) is 4.74 Å². The predicted octanol–water partition coefficient (Wildman–Crippen LogP) is 3.89. The molecule has 2 amide bonds. The molecule has 0 aromatic heterocycles. The average molecular weight is 380 g/mol. The van der Waals surface area contributed by atoms with Crippen molar-refractivity contribution in [2.75, 3.05) is 18.4 Å². The van der Waals surface area contributed by atoms with Crippen LogP contribution in [0.1, 0.15) is 32.3 Å². The molecule has 1 unspecified atom stereocenters. The van der Waals surface area contributed by atoms with Crippen molar-refractivity contribution < 1.29 is 14.3 Å². The molecule has 2 aromatic carbocycles. The second-order valence-corrected chi connectivity index (χ2v) is 7.51. The van der Waals surface area contributed by atoms with E-state index in [0.29, 0.717) is 13.1 Å². The van der Waals surface area contributed by atoms with Gasteiger partial charge in [-0.15, -0.1) is 0 Å². The zero-order valence-electron chi connectivity index (χ0n) is 16.6. The summed E-state index contributed by atoms with van der Waals surface area (Å²) in [5.74, 6) is 0.440. The van der Waals surface area contributed by atoms with Gasteiger partial charge in [0, 0.05) is 25.2 Å². The van der Waals surface area contributed by atoms with E-state index >= 15 is 0 Å². The fourth-order valence-corrected chi connectivity index (χ4v) is 3.42. The summed E-state index contributed by atoms with van der Waals surface area (Å²) < 4.78 is 5.61. The number of carbonyl (C=O) groups excluding carboxylic acids is 2. The Morgan fingerprint density at radius 2 is 1.86 bits per heavy atom. The van der Waals surface area contributed by atoms with Crippen LogP contribution in [0.4, 0.5) is 5.69 Å². The first-order valence-corrected chi connectivity index (χ1v) is 9.90. The van der Waals surface area contributed by atoms with Crippen molar-refractivity contribution in [1.29, 1.82) is 0 Å². The SMILES string of the molecule is CC(C)Oc1ccc(NC(=O)C2CC(=O)N(CCCc3ccccc3)C2)cc1. The molecule has 3 rings (SSSR count). The van der Waals surface area contributed by atoms with E-state index in [0.717, 1.165) is 24.3 Å². The molecule has 0 spiro atoms. The second kappa shape index (κ2) is 9.40. The lowest BCUT2D eigenvalue weighted by atomic mass is 10.1. The Bertz CT molecular complexity index is 787. The summed E-state index contributed by atoms with van der Waals surface area (Å²) in [6, 6.07) is 17.6. The molecule has 5 heteroatoms. The van der Waals surface area contributed by atoms with E-state index in [-0.39, 0.29) is 30.3 Å². The van der Waals surface area contributed by atoms with Crippen LogP contribution < -0.4 is 10.1 Å². The summed E-state index contributed by atoms with van der Waals surface area (Å²) in [5.41, 5.74) is 1.99. The lowest BCUT2D eigenvalue weighted by molar-refractivity contribution is -0.128. The minimum absolute atomic E-state index is 0.0638. The average Bonchev–Trinajstić information content (AvgIpc) is 3.05. The Hall–Kier alpha value is -2.82. The molecule has 2 aromatic rings. The van der Waals surface area contributed by atoms with Crippen molar-refractivity contribution >= 4 is 17.5 Å². The third kappa shape index (κ3) is 5.59. The molecule has 5 nitrogen and oxygen atoms in total. The van der Waals surface area contributed by atoms with Gasteiger partial charge in [0.25, 0.3) is 0 Å². The molecule has 1 saturated heterocycles. The Morgan fingerprint density at radius 1 is 1.14 bits per heavy atom. The van der Waals surface area contributed by atoms with Crippen molar-refractivity contribution in [1.82, 2.24) is 4.90 Å². The number of rotatable bonds is 8. The largest absolute Gasteiger partial charge is 0.491 e. The van der Waals surface area contributed by atoms with Crippen molar-refractivity contribution in [2.24, 2.45) is 5.92 Å². The molecule has 28 heavy (non-hydrogen) atoms. The van der Waals surface area contributed by atoms with Gasteiger partial charge < -0.3 is 15.0 Å². The van der Waals surface area contributed by atoms with Crippen LogP contribution in [-0.4, -0.2) is 35.9 Å². The smallest absolute Gasteiger partial charge is 0.229 e. The Balaban J connectivity index is 1.46. The maximum absolute atomic E-state index is 12.5. The minimum atomic E-state index is -0.296. The number of benzene rings is 2. The van der Waals surface area contributed by atoms with Crippen LogP contribution in [-0.2, 0) is 16.0 Å². The Labute approximate surface area is 166 Å². The first-order valence-electron chi connectivity index (χ1n) is 9.90. The van der Waals surface area contributed by atoms with Gasteiger partial charge in [0.05, 0.1) is 12.0 Å². The summed E-state index contributed by atoms with van der Waals surface area (Å²) in [5, 5.41) is 2.91. The highest BCUT2D eigenvalue weighted by Crippen LogP contribution is 2.22. The number of amides is 2. The monoisotopic (exact) mass is 380 g/mol. The normalized spacial score (nSPS) is 16.5. The van der Waals surface area contributed by atoms with Crippen LogP contribution in [0.15, 0.2) is 54.6 Å². The van der Waals surface area contributed by atoms with Crippen LogP contribution in [0.25, 0.3) is 0 Å². The Kier molecular flexibility index (Phi) is 6.69. The molecule has 1 aliphatic heterocycles. The van der Waals surface area contributed by atoms with Crippen LogP contribution in [0.2, 0.25) is 0 Å². The zero-order valence-corrected chi connectivity index (χ0v) is 16.6. The zero-order chi connectivity index (χ0) is 19.9. The van der Waals surface area contributed by atoms with Crippen molar-refractivity contribution in [2.45, 2.75) is 39.2 Å².